The van der Waals surface area contributed by atoms with Crippen LogP contribution in [0, 0.1) is 31.3 Å². The molecule has 144 valence electrons. The first-order valence-electron chi connectivity index (χ1n) is 9.31. The maximum atomic E-state index is 5.82. The average molecular weight is 502 g/mol. The molecule has 4 nitrogen and oxygen atoms in total. The minimum absolute atomic E-state index is 0.0160. The zero-order valence-electron chi connectivity index (χ0n) is 16.4. The third-order valence-electron chi connectivity index (χ3n) is 5.51. The topological polar surface area (TPSA) is 44.0 Å². The minimum Gasteiger partial charge on any atom is -0.362 e. The summed E-state index contributed by atoms with van der Waals surface area (Å²) in [6.07, 6.45) is 1.84. The highest BCUT2D eigenvalue weighted by Gasteiger charge is 2.43. The summed E-state index contributed by atoms with van der Waals surface area (Å²) in [5.74, 6) is 0. The number of benzene rings is 1. The molecule has 3 aromatic rings. The van der Waals surface area contributed by atoms with Crippen molar-refractivity contribution in [2.45, 2.75) is 39.8 Å². The highest BCUT2D eigenvalue weighted by Crippen LogP contribution is 2.44. The van der Waals surface area contributed by atoms with Crippen molar-refractivity contribution in [2.24, 2.45) is 0 Å². The van der Waals surface area contributed by atoms with E-state index in [9.17, 15) is 0 Å². The lowest BCUT2D eigenvalue weighted by Crippen LogP contribution is -2.30. The summed E-state index contributed by atoms with van der Waals surface area (Å²) >= 11 is 8.26. The number of hydrogen-bond donors (Lipinski definition) is 2. The fourth-order valence-electron chi connectivity index (χ4n) is 3.92. The van der Waals surface area contributed by atoms with Crippen molar-refractivity contribution in [3.63, 3.8) is 0 Å². The van der Waals surface area contributed by atoms with E-state index in [1.165, 1.54) is 31.6 Å². The monoisotopic (exact) mass is 502 g/mol. The second-order valence-electron chi connectivity index (χ2n) is 7.37. The number of anilines is 1. The van der Waals surface area contributed by atoms with Crippen molar-refractivity contribution >= 4 is 45.6 Å². The van der Waals surface area contributed by atoms with Crippen LogP contribution in [-0.2, 0) is 0 Å². The Balaban J connectivity index is 1.91. The van der Waals surface area contributed by atoms with Crippen LogP contribution in [0.15, 0.2) is 42.6 Å². The van der Waals surface area contributed by atoms with Crippen LogP contribution >= 0.6 is 34.8 Å². The Hall–Kier alpha value is -1.93. The molecule has 0 amide bonds. The van der Waals surface area contributed by atoms with Gasteiger partial charge in [0.05, 0.1) is 17.8 Å². The number of nitrogens with zero attached hydrogens (tertiary/aromatic N) is 2. The highest BCUT2D eigenvalue weighted by molar-refractivity contribution is 14.1. The second-order valence-corrected chi connectivity index (χ2v) is 8.83. The molecule has 2 atom stereocenters. The lowest BCUT2D eigenvalue weighted by Gasteiger charge is -2.29. The van der Waals surface area contributed by atoms with Gasteiger partial charge >= 0.3 is 0 Å². The summed E-state index contributed by atoms with van der Waals surface area (Å²) in [5.41, 5.74) is 8.28. The Morgan fingerprint density at radius 1 is 1.04 bits per heavy atom. The van der Waals surface area contributed by atoms with Crippen molar-refractivity contribution in [2.75, 3.05) is 4.90 Å². The number of aromatic nitrogens is 2. The third kappa shape index (κ3) is 3.22. The van der Waals surface area contributed by atoms with Crippen molar-refractivity contribution in [3.8, 4) is 0 Å². The van der Waals surface area contributed by atoms with Gasteiger partial charge in [0.25, 0.3) is 0 Å². The van der Waals surface area contributed by atoms with Crippen molar-refractivity contribution in [1.29, 1.82) is 0 Å². The van der Waals surface area contributed by atoms with E-state index < -0.39 is 0 Å². The second kappa shape index (κ2) is 7.48. The lowest BCUT2D eigenvalue weighted by molar-refractivity contribution is 0.564. The fraction of sp³-hybridized carbons (Fsp3) is 0.273. The van der Waals surface area contributed by atoms with Gasteiger partial charge in [-0.25, -0.2) is 0 Å². The molecular weight excluding hydrogens is 479 g/mol. The maximum absolute atomic E-state index is 5.82. The molecule has 1 aromatic carbocycles. The summed E-state index contributed by atoms with van der Waals surface area (Å²) in [4.78, 5) is 10.4. The predicted octanol–water partition coefficient (Wildman–Crippen LogP) is 5.43. The van der Waals surface area contributed by atoms with Crippen LogP contribution in [-0.4, -0.2) is 15.1 Å². The molecule has 1 aliphatic rings. The molecule has 1 saturated heterocycles. The molecule has 0 aliphatic carbocycles. The molecule has 1 aliphatic heterocycles. The number of H-pyrrole nitrogens is 1. The quantitative estimate of drug-likeness (QED) is 0.371. The van der Waals surface area contributed by atoms with Crippen LogP contribution in [0.2, 0.25) is 0 Å². The van der Waals surface area contributed by atoms with Crippen LogP contribution in [0.25, 0.3) is 0 Å². The van der Waals surface area contributed by atoms with E-state index in [1.54, 1.807) is 0 Å². The molecule has 0 unspecified atom stereocenters. The standard InChI is InChI=1S/C22H23IN4S/c1-12-8-9-16(11-13(12)2)27-21(18-14(3)25-15(4)19(18)23)20(26-22(27)28)17-7-5-6-10-24-17/h5-11,20-21,25H,1-4H3,(H,26,28)/t20-,21-/m1/s1. The first-order chi connectivity index (χ1) is 13.4. The lowest BCUT2D eigenvalue weighted by atomic mass is 9.96. The number of nitrogens with one attached hydrogen (secondary N) is 2. The fourth-order valence-corrected chi connectivity index (χ4v) is 5.13. The number of halogens is 1. The van der Waals surface area contributed by atoms with Gasteiger partial charge in [-0.05, 0) is 97.9 Å². The largest absolute Gasteiger partial charge is 0.362 e. The Morgan fingerprint density at radius 2 is 1.82 bits per heavy atom. The molecule has 0 bridgehead atoms. The minimum atomic E-state index is -0.0160. The van der Waals surface area contributed by atoms with E-state index in [1.807, 2.05) is 18.3 Å². The van der Waals surface area contributed by atoms with Gasteiger partial charge in [0.15, 0.2) is 5.11 Å². The molecular formula is C22H23IN4S. The first kappa shape index (κ1) is 19.4. The number of aryl methyl sites for hydroxylation is 4. The van der Waals surface area contributed by atoms with Crippen LogP contribution in [0.1, 0.15) is 45.9 Å². The molecule has 2 N–H and O–H groups in total. The number of rotatable bonds is 3. The molecule has 6 heteroatoms. The molecule has 0 spiro atoms. The summed E-state index contributed by atoms with van der Waals surface area (Å²) in [7, 11) is 0. The van der Waals surface area contributed by atoms with E-state index in [0.29, 0.717) is 0 Å². The van der Waals surface area contributed by atoms with E-state index >= 15 is 0 Å². The Bertz CT molecular complexity index is 1040. The molecule has 0 radical (unpaired) electrons. The van der Waals surface area contributed by atoms with Gasteiger partial charge in [0.1, 0.15) is 0 Å². The predicted molar refractivity (Wildman–Crippen MR) is 127 cm³/mol. The number of thiocarbonyl (C=S) groups is 1. The van der Waals surface area contributed by atoms with Gasteiger partial charge in [0.2, 0.25) is 0 Å². The molecule has 28 heavy (non-hydrogen) atoms. The molecule has 0 saturated carbocycles. The average Bonchev–Trinajstić information content (AvgIpc) is 3.13. The third-order valence-corrected chi connectivity index (χ3v) is 7.21. The van der Waals surface area contributed by atoms with Crippen molar-refractivity contribution < 1.29 is 0 Å². The van der Waals surface area contributed by atoms with Crippen molar-refractivity contribution in [3.05, 3.63) is 79.9 Å². The van der Waals surface area contributed by atoms with E-state index in [0.717, 1.165) is 16.5 Å². The summed E-state index contributed by atoms with van der Waals surface area (Å²) < 4.78 is 1.25. The number of aromatic amines is 1. The van der Waals surface area contributed by atoms with E-state index in [2.05, 4.69) is 94.7 Å². The van der Waals surface area contributed by atoms with Gasteiger partial charge in [-0.3, -0.25) is 4.98 Å². The highest BCUT2D eigenvalue weighted by atomic mass is 127. The van der Waals surface area contributed by atoms with Crippen LogP contribution in [0.3, 0.4) is 0 Å². The Kier molecular flexibility index (Phi) is 5.18. The van der Waals surface area contributed by atoms with Gasteiger partial charge in [-0.2, -0.15) is 0 Å². The van der Waals surface area contributed by atoms with Gasteiger partial charge in [-0.15, -0.1) is 0 Å². The van der Waals surface area contributed by atoms with Gasteiger partial charge < -0.3 is 15.2 Å². The summed E-state index contributed by atoms with van der Waals surface area (Å²) in [5, 5.41) is 4.28. The molecule has 3 heterocycles. The normalized spacial score (nSPS) is 19.2. The van der Waals surface area contributed by atoms with Crippen molar-refractivity contribution in [1.82, 2.24) is 15.3 Å². The Labute approximate surface area is 184 Å². The van der Waals surface area contributed by atoms with E-state index in [4.69, 9.17) is 12.2 Å². The summed E-state index contributed by atoms with van der Waals surface area (Å²) in [6, 6.07) is 12.6. The van der Waals surface area contributed by atoms with Gasteiger partial charge in [0, 0.05) is 32.4 Å². The molecule has 1 fully saturated rings. The summed E-state index contributed by atoms with van der Waals surface area (Å²) in [6.45, 7) is 8.54. The number of pyridine rings is 1. The maximum Gasteiger partial charge on any atom is 0.174 e. The molecule has 2 aromatic heterocycles. The SMILES string of the molecule is Cc1ccc(N2C(=S)N[C@H](c3ccccn3)[C@H]2c2c(C)[nH]c(C)c2I)cc1C. The van der Waals surface area contributed by atoms with Crippen LogP contribution in [0.4, 0.5) is 5.69 Å². The zero-order valence-corrected chi connectivity index (χ0v) is 19.4. The van der Waals surface area contributed by atoms with Crippen LogP contribution < -0.4 is 10.2 Å². The van der Waals surface area contributed by atoms with E-state index in [-0.39, 0.29) is 12.1 Å². The zero-order chi connectivity index (χ0) is 20.0. The smallest absolute Gasteiger partial charge is 0.174 e. The molecule has 4 rings (SSSR count). The Morgan fingerprint density at radius 3 is 2.43 bits per heavy atom. The van der Waals surface area contributed by atoms with Gasteiger partial charge in [-0.1, -0.05) is 12.1 Å². The number of hydrogen-bond acceptors (Lipinski definition) is 2. The van der Waals surface area contributed by atoms with Crippen LogP contribution in [0.5, 0.6) is 0 Å². The first-order valence-corrected chi connectivity index (χ1v) is 10.8.